The summed E-state index contributed by atoms with van der Waals surface area (Å²) in [4.78, 5) is 9.12. The van der Waals surface area contributed by atoms with E-state index in [-0.39, 0.29) is 5.41 Å². The van der Waals surface area contributed by atoms with Gasteiger partial charge in [-0.05, 0) is 32.1 Å². The second-order valence-corrected chi connectivity index (χ2v) is 7.34. The van der Waals surface area contributed by atoms with Crippen LogP contribution in [0.2, 0.25) is 5.15 Å². The third kappa shape index (κ3) is 2.75. The molecule has 0 unspecified atom stereocenters. The van der Waals surface area contributed by atoms with Crippen molar-refractivity contribution in [3.05, 3.63) is 17.2 Å². The molecule has 1 N–H and O–H groups in total. The first kappa shape index (κ1) is 16.1. The molecule has 7 heteroatoms. The number of hydrogen-bond acceptors (Lipinski definition) is 5. The predicted octanol–water partition coefficient (Wildman–Crippen LogP) is 3.59. The molecule has 1 saturated heterocycles. The maximum atomic E-state index is 6.37. The molecule has 0 amide bonds. The quantitative estimate of drug-likeness (QED) is 0.913. The van der Waals surface area contributed by atoms with Crippen molar-refractivity contribution in [1.82, 2.24) is 19.6 Å². The molecular formula is C17H24ClN5O. The summed E-state index contributed by atoms with van der Waals surface area (Å²) in [5, 5.41) is 8.67. The van der Waals surface area contributed by atoms with Crippen LogP contribution in [0.3, 0.4) is 0 Å². The molecule has 0 radical (unpaired) electrons. The normalized spacial score (nSPS) is 21.4. The van der Waals surface area contributed by atoms with Gasteiger partial charge in [-0.25, -0.2) is 14.5 Å². The monoisotopic (exact) mass is 349 g/mol. The van der Waals surface area contributed by atoms with Crippen molar-refractivity contribution in [3.8, 4) is 0 Å². The van der Waals surface area contributed by atoms with E-state index in [4.69, 9.17) is 21.4 Å². The second kappa shape index (κ2) is 6.48. The van der Waals surface area contributed by atoms with Gasteiger partial charge in [0.25, 0.3) is 0 Å². The number of rotatable bonds is 4. The van der Waals surface area contributed by atoms with Crippen molar-refractivity contribution in [2.45, 2.75) is 63.3 Å². The van der Waals surface area contributed by atoms with E-state index >= 15 is 0 Å². The summed E-state index contributed by atoms with van der Waals surface area (Å²) in [7, 11) is 0. The average Bonchev–Trinajstić information content (AvgIpc) is 3.22. The standard InChI is InChI=1S/C17H24ClN5O/c1-2-17(7-3-4-8-17)15-21-14(18)13-11-19-16(22-23(13)15)20-12-5-9-24-10-6-12/h11-12H,2-10H2,1H3,(H,20,22). The molecule has 6 nitrogen and oxygen atoms in total. The van der Waals surface area contributed by atoms with Gasteiger partial charge in [-0.2, -0.15) is 0 Å². The Morgan fingerprint density at radius 2 is 2.08 bits per heavy atom. The third-order valence-corrected chi connectivity index (χ3v) is 5.89. The highest BCUT2D eigenvalue weighted by atomic mass is 35.5. The van der Waals surface area contributed by atoms with Crippen LogP contribution in [0, 0.1) is 0 Å². The smallest absolute Gasteiger partial charge is 0.241 e. The van der Waals surface area contributed by atoms with Crippen LogP contribution in [0.4, 0.5) is 5.95 Å². The van der Waals surface area contributed by atoms with Crippen molar-refractivity contribution >= 4 is 23.1 Å². The molecule has 3 heterocycles. The fourth-order valence-electron chi connectivity index (χ4n) is 4.07. The number of nitrogens with zero attached hydrogens (tertiary/aromatic N) is 4. The number of ether oxygens (including phenoxy) is 1. The van der Waals surface area contributed by atoms with Crippen molar-refractivity contribution in [2.75, 3.05) is 18.5 Å². The zero-order chi connectivity index (χ0) is 16.6. The molecule has 2 aromatic heterocycles. The van der Waals surface area contributed by atoms with Gasteiger partial charge in [0, 0.05) is 24.7 Å². The summed E-state index contributed by atoms with van der Waals surface area (Å²) in [5.41, 5.74) is 0.893. The van der Waals surface area contributed by atoms with Crippen LogP contribution in [0.15, 0.2) is 6.20 Å². The van der Waals surface area contributed by atoms with Crippen molar-refractivity contribution in [1.29, 1.82) is 0 Å². The molecule has 2 fully saturated rings. The Morgan fingerprint density at radius 1 is 1.33 bits per heavy atom. The van der Waals surface area contributed by atoms with E-state index < -0.39 is 0 Å². The van der Waals surface area contributed by atoms with Crippen LogP contribution in [0.5, 0.6) is 0 Å². The molecular weight excluding hydrogens is 326 g/mol. The summed E-state index contributed by atoms with van der Waals surface area (Å²) in [5.74, 6) is 1.65. The fourth-order valence-corrected chi connectivity index (χ4v) is 4.28. The largest absolute Gasteiger partial charge is 0.381 e. The van der Waals surface area contributed by atoms with Crippen LogP contribution >= 0.6 is 11.6 Å². The van der Waals surface area contributed by atoms with Gasteiger partial charge in [-0.3, -0.25) is 0 Å². The molecule has 1 saturated carbocycles. The first-order valence-corrected chi connectivity index (χ1v) is 9.36. The van der Waals surface area contributed by atoms with Crippen LogP contribution in [0.1, 0.15) is 57.7 Å². The summed E-state index contributed by atoms with van der Waals surface area (Å²) >= 11 is 6.37. The molecule has 4 rings (SSSR count). The highest BCUT2D eigenvalue weighted by Gasteiger charge is 2.38. The lowest BCUT2D eigenvalue weighted by atomic mass is 9.82. The molecule has 24 heavy (non-hydrogen) atoms. The lowest BCUT2D eigenvalue weighted by molar-refractivity contribution is 0.0903. The Balaban J connectivity index is 1.70. The fraction of sp³-hybridized carbons (Fsp3) is 0.706. The Hall–Kier alpha value is -1.40. The van der Waals surface area contributed by atoms with Crippen molar-refractivity contribution in [2.24, 2.45) is 0 Å². The van der Waals surface area contributed by atoms with E-state index in [0.717, 1.165) is 56.7 Å². The van der Waals surface area contributed by atoms with Gasteiger partial charge in [-0.1, -0.05) is 31.4 Å². The second-order valence-electron chi connectivity index (χ2n) is 6.98. The molecule has 0 spiro atoms. The van der Waals surface area contributed by atoms with Crippen molar-refractivity contribution in [3.63, 3.8) is 0 Å². The van der Waals surface area contributed by atoms with Gasteiger partial charge in [0.1, 0.15) is 11.3 Å². The third-order valence-electron chi connectivity index (χ3n) is 5.61. The minimum absolute atomic E-state index is 0.0976. The van der Waals surface area contributed by atoms with Gasteiger partial charge in [0.05, 0.1) is 6.20 Å². The predicted molar refractivity (Wildman–Crippen MR) is 93.7 cm³/mol. The highest BCUT2D eigenvalue weighted by molar-refractivity contribution is 6.32. The molecule has 1 aliphatic heterocycles. The Morgan fingerprint density at radius 3 is 2.79 bits per heavy atom. The zero-order valence-corrected chi connectivity index (χ0v) is 14.8. The van der Waals surface area contributed by atoms with Crippen molar-refractivity contribution < 1.29 is 4.74 Å². The number of hydrogen-bond donors (Lipinski definition) is 1. The lowest BCUT2D eigenvalue weighted by Gasteiger charge is -2.26. The summed E-state index contributed by atoms with van der Waals surface area (Å²) in [6, 6.07) is 0.366. The van der Waals surface area contributed by atoms with Gasteiger partial charge in [0.15, 0.2) is 5.15 Å². The lowest BCUT2D eigenvalue weighted by Crippen LogP contribution is -2.29. The minimum Gasteiger partial charge on any atom is -0.381 e. The minimum atomic E-state index is 0.0976. The maximum Gasteiger partial charge on any atom is 0.241 e. The molecule has 2 aromatic rings. The van der Waals surface area contributed by atoms with Gasteiger partial charge >= 0.3 is 0 Å². The van der Waals surface area contributed by atoms with E-state index in [1.165, 1.54) is 12.8 Å². The van der Waals surface area contributed by atoms with E-state index in [1.807, 2.05) is 4.52 Å². The number of aromatic nitrogens is 4. The first-order chi connectivity index (χ1) is 11.7. The number of nitrogens with one attached hydrogen (secondary N) is 1. The van der Waals surface area contributed by atoms with Gasteiger partial charge in [-0.15, -0.1) is 5.10 Å². The summed E-state index contributed by atoms with van der Waals surface area (Å²) in [6.45, 7) is 3.82. The maximum absolute atomic E-state index is 6.37. The number of fused-ring (bicyclic) bond motifs is 1. The Bertz CT molecular complexity index is 719. The molecule has 130 valence electrons. The first-order valence-electron chi connectivity index (χ1n) is 8.98. The molecule has 1 aliphatic carbocycles. The van der Waals surface area contributed by atoms with Crippen LogP contribution in [-0.4, -0.2) is 38.8 Å². The van der Waals surface area contributed by atoms with Gasteiger partial charge < -0.3 is 10.1 Å². The topological polar surface area (TPSA) is 64.3 Å². The SMILES string of the molecule is CCC1(c2nc(Cl)c3cnc(NC4CCOCC4)nn23)CCCC1. The number of imidazole rings is 1. The zero-order valence-electron chi connectivity index (χ0n) is 14.1. The molecule has 0 atom stereocenters. The summed E-state index contributed by atoms with van der Waals surface area (Å²) in [6.07, 6.45) is 9.63. The number of halogens is 1. The average molecular weight is 350 g/mol. The van der Waals surface area contributed by atoms with Gasteiger partial charge in [0.2, 0.25) is 5.95 Å². The molecule has 0 aromatic carbocycles. The molecule has 2 aliphatic rings. The van der Waals surface area contributed by atoms with Crippen LogP contribution in [0.25, 0.3) is 5.52 Å². The molecule has 0 bridgehead atoms. The summed E-state index contributed by atoms with van der Waals surface area (Å²) < 4.78 is 7.33. The number of anilines is 1. The van der Waals surface area contributed by atoms with Crippen LogP contribution in [-0.2, 0) is 10.2 Å². The Kier molecular flexibility index (Phi) is 4.35. The van der Waals surface area contributed by atoms with E-state index in [0.29, 0.717) is 17.1 Å². The highest BCUT2D eigenvalue weighted by Crippen LogP contribution is 2.43. The van der Waals surface area contributed by atoms with E-state index in [2.05, 4.69) is 22.2 Å². The van der Waals surface area contributed by atoms with Crippen LogP contribution < -0.4 is 5.32 Å². The Labute approximate surface area is 147 Å². The van der Waals surface area contributed by atoms with E-state index in [9.17, 15) is 0 Å². The van der Waals surface area contributed by atoms with E-state index in [1.54, 1.807) is 6.20 Å².